The number of rotatable bonds is 5. The van der Waals surface area contributed by atoms with Crippen molar-refractivity contribution in [2.75, 3.05) is 32.8 Å². The number of halogens is 2. The lowest BCUT2D eigenvalue weighted by atomic mass is 9.89. The van der Waals surface area contributed by atoms with Crippen LogP contribution in [0.1, 0.15) is 51.9 Å². The molecule has 0 aromatic heterocycles. The van der Waals surface area contributed by atoms with E-state index in [1.54, 1.807) is 0 Å². The first kappa shape index (κ1) is 24.6. The number of likely N-dealkylation sites (tertiary alicyclic amines) is 1. The summed E-state index contributed by atoms with van der Waals surface area (Å²) in [6.07, 6.45) is 3.98. The van der Waals surface area contributed by atoms with E-state index < -0.39 is 35.9 Å². The lowest BCUT2D eigenvalue weighted by Gasteiger charge is -2.47. The van der Waals surface area contributed by atoms with E-state index >= 15 is 0 Å². The molecule has 32 heavy (non-hydrogen) atoms. The molecule has 9 nitrogen and oxygen atoms in total. The first-order chi connectivity index (χ1) is 15.0. The molecule has 4 fully saturated rings. The zero-order valence-electron chi connectivity index (χ0n) is 18.5. The molecule has 4 rings (SSSR count). The molecule has 4 aliphatic rings. The van der Waals surface area contributed by atoms with Crippen molar-refractivity contribution < 1.29 is 28.2 Å². The van der Waals surface area contributed by atoms with Gasteiger partial charge in [0.15, 0.2) is 0 Å². The molecule has 2 aliphatic carbocycles. The molecule has 1 spiro atoms. The van der Waals surface area contributed by atoms with Gasteiger partial charge in [0, 0.05) is 38.6 Å². The van der Waals surface area contributed by atoms with Gasteiger partial charge in [-0.25, -0.2) is 13.6 Å². The van der Waals surface area contributed by atoms with Gasteiger partial charge < -0.3 is 25.8 Å². The number of alkyl halides is 2. The van der Waals surface area contributed by atoms with E-state index in [0.29, 0.717) is 32.9 Å². The number of carboxylic acid groups (broad SMARTS) is 1. The predicted molar refractivity (Wildman–Crippen MR) is 111 cm³/mol. The van der Waals surface area contributed by atoms with Crippen LogP contribution in [0.15, 0.2) is 0 Å². The second-order valence-corrected chi connectivity index (χ2v) is 9.57. The summed E-state index contributed by atoms with van der Waals surface area (Å²) >= 11 is 0. The Morgan fingerprint density at radius 1 is 1.28 bits per heavy atom. The van der Waals surface area contributed by atoms with Crippen molar-refractivity contribution in [3.8, 4) is 6.07 Å². The van der Waals surface area contributed by atoms with Gasteiger partial charge in [0.1, 0.15) is 5.54 Å². The van der Waals surface area contributed by atoms with Crippen molar-refractivity contribution >= 4 is 12.0 Å². The number of morpholine rings is 1. The van der Waals surface area contributed by atoms with E-state index in [-0.39, 0.29) is 5.60 Å². The predicted octanol–water partition coefficient (Wildman–Crippen LogP) is 1.52. The van der Waals surface area contributed by atoms with E-state index in [9.17, 15) is 18.4 Å². The molecule has 2 amide bonds. The van der Waals surface area contributed by atoms with Crippen LogP contribution in [0.4, 0.5) is 13.6 Å². The number of carbonyl (C=O) groups is 2. The molecular formula is C21H33F2N5O4. The Hall–Kier alpha value is -2.03. The van der Waals surface area contributed by atoms with Crippen LogP contribution < -0.4 is 11.1 Å². The van der Waals surface area contributed by atoms with Crippen LogP contribution >= 0.6 is 0 Å². The molecule has 4 N–H and O–H groups in total. The number of ether oxygens (including phenoxy) is 1. The maximum absolute atomic E-state index is 12.5. The number of nitrogens with two attached hydrogens (primary N) is 1. The average Bonchev–Trinajstić information content (AvgIpc) is 3.63. The fourth-order valence-electron chi connectivity index (χ4n) is 4.23. The number of nitrogens with one attached hydrogen (secondary N) is 1. The molecule has 2 aliphatic heterocycles. The minimum atomic E-state index is -2.97. The van der Waals surface area contributed by atoms with Crippen LogP contribution in [0, 0.1) is 11.3 Å². The quantitative estimate of drug-likeness (QED) is 0.570. The summed E-state index contributed by atoms with van der Waals surface area (Å²) in [6, 6.07) is 1.44. The van der Waals surface area contributed by atoms with Crippen LogP contribution in [-0.4, -0.2) is 88.8 Å². The first-order valence-electron chi connectivity index (χ1n) is 11.2. The monoisotopic (exact) mass is 457 g/mol. The van der Waals surface area contributed by atoms with E-state index in [0.717, 1.165) is 38.6 Å². The molecule has 0 unspecified atom stereocenters. The molecule has 0 aromatic rings. The highest BCUT2D eigenvalue weighted by Crippen LogP contribution is 2.36. The Bertz CT molecular complexity index is 737. The smallest absolute Gasteiger partial charge is 0.407 e. The summed E-state index contributed by atoms with van der Waals surface area (Å²) in [5.41, 5.74) is 4.38. The third-order valence-corrected chi connectivity index (χ3v) is 6.53. The van der Waals surface area contributed by atoms with Gasteiger partial charge in [-0.2, -0.15) is 5.26 Å². The van der Waals surface area contributed by atoms with Gasteiger partial charge >= 0.3 is 6.09 Å². The van der Waals surface area contributed by atoms with Crippen LogP contribution in [-0.2, 0) is 9.53 Å². The Balaban J connectivity index is 0.000000183. The fourth-order valence-corrected chi connectivity index (χ4v) is 4.23. The van der Waals surface area contributed by atoms with Crippen molar-refractivity contribution in [1.82, 2.24) is 15.1 Å². The standard InChI is InChI=1S/C12H20N2O3.C9H13F2N3O/c15-11(16)13-5-3-12(4-6-13)9-14(7-8-17-12)10-1-2-10;1-8(10,11)4-6(13)7(15)14-9(5-12)2-3-9/h10H,1-9H2,(H,15,16);6H,2-4,13H2,1H3,(H,14,15)/t;6-/m.0/s1. The zero-order valence-corrected chi connectivity index (χ0v) is 18.5. The summed E-state index contributed by atoms with van der Waals surface area (Å²) < 4.78 is 31.1. The molecule has 2 saturated carbocycles. The van der Waals surface area contributed by atoms with Gasteiger partial charge in [-0.3, -0.25) is 9.69 Å². The van der Waals surface area contributed by atoms with Crippen LogP contribution in [0.25, 0.3) is 0 Å². The third-order valence-electron chi connectivity index (χ3n) is 6.53. The van der Waals surface area contributed by atoms with Crippen molar-refractivity contribution in [2.24, 2.45) is 5.73 Å². The van der Waals surface area contributed by atoms with Gasteiger partial charge in [0.25, 0.3) is 0 Å². The number of carbonyl (C=O) groups excluding carboxylic acids is 1. The molecule has 2 saturated heterocycles. The minimum absolute atomic E-state index is 0.0627. The van der Waals surface area contributed by atoms with Crippen LogP contribution in [0.3, 0.4) is 0 Å². The summed E-state index contributed by atoms with van der Waals surface area (Å²) in [6.45, 7) is 4.81. The number of nitriles is 1. The number of amides is 2. The Kier molecular flexibility index (Phi) is 7.27. The van der Waals surface area contributed by atoms with Crippen molar-refractivity contribution in [3.05, 3.63) is 0 Å². The summed E-state index contributed by atoms with van der Waals surface area (Å²) in [5.74, 6) is -3.66. The lowest BCUT2D eigenvalue weighted by Crippen LogP contribution is -2.57. The topological polar surface area (TPSA) is 132 Å². The number of piperidine rings is 1. The fraction of sp³-hybridized carbons (Fsp3) is 0.857. The molecule has 180 valence electrons. The first-order valence-corrected chi connectivity index (χ1v) is 11.2. The second-order valence-electron chi connectivity index (χ2n) is 9.57. The Labute approximate surface area is 186 Å². The third kappa shape index (κ3) is 6.73. The number of hydrogen-bond acceptors (Lipinski definition) is 6. The van der Waals surface area contributed by atoms with Gasteiger partial charge in [-0.1, -0.05) is 0 Å². The second kappa shape index (κ2) is 9.45. The van der Waals surface area contributed by atoms with E-state index in [1.165, 1.54) is 17.7 Å². The van der Waals surface area contributed by atoms with Crippen LogP contribution in [0.5, 0.6) is 0 Å². The minimum Gasteiger partial charge on any atom is -0.465 e. The van der Waals surface area contributed by atoms with Crippen LogP contribution in [0.2, 0.25) is 0 Å². The normalized spacial score (nSPS) is 25.2. The van der Waals surface area contributed by atoms with Gasteiger partial charge in [-0.15, -0.1) is 0 Å². The Morgan fingerprint density at radius 2 is 1.91 bits per heavy atom. The molecule has 11 heteroatoms. The summed E-state index contributed by atoms with van der Waals surface area (Å²) in [4.78, 5) is 26.2. The number of hydrogen-bond donors (Lipinski definition) is 3. The maximum atomic E-state index is 12.5. The average molecular weight is 458 g/mol. The molecule has 1 atom stereocenters. The summed E-state index contributed by atoms with van der Waals surface area (Å²) in [7, 11) is 0. The Morgan fingerprint density at radius 3 is 2.38 bits per heavy atom. The molecule has 2 heterocycles. The van der Waals surface area contributed by atoms with Gasteiger partial charge in [0.05, 0.1) is 24.3 Å². The SMILES string of the molecule is CC(F)(F)C[C@H](N)C(=O)NC1(C#N)CC1.O=C(O)N1CCC2(CC1)CN(C1CC1)CCO2. The number of nitrogens with zero attached hydrogens (tertiary/aromatic N) is 3. The van der Waals surface area contributed by atoms with Gasteiger partial charge in [0.2, 0.25) is 11.8 Å². The van der Waals surface area contributed by atoms with Crippen molar-refractivity contribution in [3.63, 3.8) is 0 Å². The van der Waals surface area contributed by atoms with E-state index in [1.807, 2.05) is 6.07 Å². The van der Waals surface area contributed by atoms with Crippen molar-refractivity contribution in [1.29, 1.82) is 5.26 Å². The van der Waals surface area contributed by atoms with E-state index in [4.69, 9.17) is 20.8 Å². The zero-order chi connectivity index (χ0) is 23.6. The molecule has 0 aromatic carbocycles. The maximum Gasteiger partial charge on any atom is 0.407 e. The molecule has 0 bridgehead atoms. The summed E-state index contributed by atoms with van der Waals surface area (Å²) in [5, 5.41) is 20.0. The lowest BCUT2D eigenvalue weighted by molar-refractivity contribution is -0.134. The van der Waals surface area contributed by atoms with Crippen molar-refractivity contribution in [2.45, 2.75) is 81.0 Å². The van der Waals surface area contributed by atoms with Gasteiger partial charge in [-0.05, 0) is 45.4 Å². The van der Waals surface area contributed by atoms with E-state index in [2.05, 4.69) is 10.2 Å². The molecular weight excluding hydrogens is 424 g/mol. The highest BCUT2D eigenvalue weighted by atomic mass is 19.3. The highest BCUT2D eigenvalue weighted by Gasteiger charge is 2.46. The largest absolute Gasteiger partial charge is 0.465 e. The highest BCUT2D eigenvalue weighted by molar-refractivity contribution is 5.83. The molecule has 0 radical (unpaired) electrons.